The lowest BCUT2D eigenvalue weighted by Gasteiger charge is -2.02. The van der Waals surface area contributed by atoms with Gasteiger partial charge < -0.3 is 0 Å². The second-order valence-electron chi connectivity index (χ2n) is 3.16. The smallest absolute Gasteiger partial charge is 0.0187 e. The van der Waals surface area contributed by atoms with Crippen LogP contribution in [-0.2, 0) is 0 Å². The third-order valence-electron chi connectivity index (χ3n) is 2.56. The van der Waals surface area contributed by atoms with Gasteiger partial charge in [0.1, 0.15) is 0 Å². The SMILES string of the molecule is C=c1c(C)c(C)c(=C)c(=C)c1=C.CC.CC. The molecule has 0 nitrogen and oxygen atoms in total. The minimum absolute atomic E-state index is 0.920. The van der Waals surface area contributed by atoms with Gasteiger partial charge in [0.25, 0.3) is 0 Å². The molecule has 0 saturated heterocycles. The van der Waals surface area contributed by atoms with Crippen molar-refractivity contribution in [2.24, 2.45) is 0 Å². The summed E-state index contributed by atoms with van der Waals surface area (Å²) >= 11 is 0. The first-order valence-corrected chi connectivity index (χ1v) is 5.91. The molecule has 1 aromatic carbocycles. The molecule has 0 aromatic heterocycles. The van der Waals surface area contributed by atoms with E-state index in [1.165, 1.54) is 11.1 Å². The molecule has 0 heterocycles. The number of hydrogen-bond acceptors (Lipinski definition) is 0. The Morgan fingerprint density at radius 1 is 0.500 bits per heavy atom. The second-order valence-corrected chi connectivity index (χ2v) is 3.16. The molecule has 90 valence electrons. The van der Waals surface area contributed by atoms with Crippen molar-refractivity contribution in [1.82, 2.24) is 0 Å². The summed E-state index contributed by atoms with van der Waals surface area (Å²) in [4.78, 5) is 0. The summed E-state index contributed by atoms with van der Waals surface area (Å²) in [5, 5.41) is 3.82. The topological polar surface area (TPSA) is 0 Å². The highest BCUT2D eigenvalue weighted by Gasteiger charge is 1.96. The van der Waals surface area contributed by atoms with Crippen molar-refractivity contribution in [2.45, 2.75) is 41.5 Å². The maximum Gasteiger partial charge on any atom is -0.0187 e. The Balaban J connectivity index is 0. The van der Waals surface area contributed by atoms with Crippen LogP contribution in [0, 0.1) is 13.8 Å². The van der Waals surface area contributed by atoms with Crippen LogP contribution in [0.4, 0.5) is 0 Å². The Morgan fingerprint density at radius 2 is 0.688 bits per heavy atom. The Labute approximate surface area is 100 Å². The van der Waals surface area contributed by atoms with Crippen molar-refractivity contribution in [3.63, 3.8) is 0 Å². The Kier molecular flexibility index (Phi) is 8.47. The second kappa shape index (κ2) is 7.92. The van der Waals surface area contributed by atoms with E-state index in [-0.39, 0.29) is 0 Å². The first kappa shape index (κ1) is 17.1. The molecule has 0 N–H and O–H groups in total. The monoisotopic (exact) mass is 218 g/mol. The molecule has 0 saturated carbocycles. The van der Waals surface area contributed by atoms with Crippen LogP contribution in [0.2, 0.25) is 0 Å². The molecule has 16 heavy (non-hydrogen) atoms. The van der Waals surface area contributed by atoms with Gasteiger partial charge in [0.05, 0.1) is 0 Å². The fourth-order valence-electron chi connectivity index (χ4n) is 1.27. The molecule has 0 aliphatic rings. The van der Waals surface area contributed by atoms with Crippen molar-refractivity contribution in [2.75, 3.05) is 0 Å². The molecule has 0 spiro atoms. The molecule has 0 heteroatoms. The average molecular weight is 218 g/mol. The summed E-state index contributed by atoms with van der Waals surface area (Å²) in [5.41, 5.74) is 2.36. The van der Waals surface area contributed by atoms with Crippen LogP contribution in [0.3, 0.4) is 0 Å². The van der Waals surface area contributed by atoms with E-state index in [0.29, 0.717) is 0 Å². The molecular formula is C16H26. The van der Waals surface area contributed by atoms with E-state index in [1.807, 2.05) is 41.5 Å². The summed E-state index contributed by atoms with van der Waals surface area (Å²) in [5.74, 6) is 0. The predicted molar refractivity (Wildman–Crippen MR) is 79.2 cm³/mol. The molecular weight excluding hydrogens is 192 g/mol. The highest BCUT2D eigenvalue weighted by molar-refractivity contribution is 5.35. The van der Waals surface area contributed by atoms with Crippen LogP contribution in [0.5, 0.6) is 0 Å². The van der Waals surface area contributed by atoms with E-state index in [9.17, 15) is 0 Å². The van der Waals surface area contributed by atoms with E-state index in [1.54, 1.807) is 0 Å². The van der Waals surface area contributed by atoms with Gasteiger partial charge in [0.2, 0.25) is 0 Å². The standard InChI is InChI=1S/C12H14.2C2H6/c1-7-8(2)10(4)12(6)11(5)9(7)3;2*1-2/h1-4H2,5-6H3;2*1-2H3. The van der Waals surface area contributed by atoms with Crippen molar-refractivity contribution in [3.8, 4) is 0 Å². The third-order valence-corrected chi connectivity index (χ3v) is 2.56. The van der Waals surface area contributed by atoms with Crippen LogP contribution in [0.1, 0.15) is 38.8 Å². The van der Waals surface area contributed by atoms with E-state index in [4.69, 9.17) is 0 Å². The summed E-state index contributed by atoms with van der Waals surface area (Å²) in [6.45, 7) is 27.8. The fraction of sp³-hybridized carbons (Fsp3) is 0.375. The molecule has 0 aliphatic heterocycles. The van der Waals surface area contributed by atoms with Crippen molar-refractivity contribution < 1.29 is 0 Å². The normalized spacial score (nSPS) is 8.38. The van der Waals surface area contributed by atoms with Crippen LogP contribution in [0.25, 0.3) is 26.3 Å². The third kappa shape index (κ3) is 3.37. The summed E-state index contributed by atoms with van der Waals surface area (Å²) in [6, 6.07) is 0. The number of benzene rings is 1. The van der Waals surface area contributed by atoms with Crippen LogP contribution in [0.15, 0.2) is 0 Å². The fourth-order valence-corrected chi connectivity index (χ4v) is 1.27. The summed E-state index contributed by atoms with van der Waals surface area (Å²) in [7, 11) is 0. The molecule has 1 rings (SSSR count). The van der Waals surface area contributed by atoms with Gasteiger partial charge in [-0.25, -0.2) is 0 Å². The van der Waals surface area contributed by atoms with Gasteiger partial charge in [-0.15, -0.1) is 0 Å². The molecule has 0 fully saturated rings. The molecule has 0 atom stereocenters. The highest BCUT2D eigenvalue weighted by Crippen LogP contribution is 1.86. The predicted octanol–water partition coefficient (Wildman–Crippen LogP) is 2.00. The zero-order chi connectivity index (χ0) is 13.5. The van der Waals surface area contributed by atoms with E-state index in [0.717, 1.165) is 20.9 Å². The molecule has 1 aromatic rings. The van der Waals surface area contributed by atoms with E-state index in [2.05, 4.69) is 26.3 Å². The zero-order valence-corrected chi connectivity index (χ0v) is 11.8. The minimum atomic E-state index is 0.920. The van der Waals surface area contributed by atoms with Crippen molar-refractivity contribution >= 4 is 26.3 Å². The Bertz CT molecular complexity index is 458. The summed E-state index contributed by atoms with van der Waals surface area (Å²) < 4.78 is 0. The molecule has 0 aliphatic carbocycles. The zero-order valence-electron chi connectivity index (χ0n) is 11.8. The van der Waals surface area contributed by atoms with Gasteiger partial charge in [-0.3, -0.25) is 0 Å². The largest absolute Gasteiger partial charge is 0.0909 e. The highest BCUT2D eigenvalue weighted by atomic mass is 14.0. The van der Waals surface area contributed by atoms with Crippen molar-refractivity contribution in [3.05, 3.63) is 32.0 Å². The van der Waals surface area contributed by atoms with Crippen molar-refractivity contribution in [1.29, 1.82) is 0 Å². The first-order valence-electron chi connectivity index (χ1n) is 5.91. The van der Waals surface area contributed by atoms with Gasteiger partial charge in [-0.1, -0.05) is 54.0 Å². The maximum atomic E-state index is 3.95. The first-order chi connectivity index (χ1) is 7.46. The lowest BCUT2D eigenvalue weighted by molar-refractivity contribution is 1.23. The van der Waals surface area contributed by atoms with Gasteiger partial charge >= 0.3 is 0 Å². The Hall–Kier alpha value is -1.30. The molecule has 0 radical (unpaired) electrons. The number of rotatable bonds is 0. The number of hydrogen-bond donors (Lipinski definition) is 0. The van der Waals surface area contributed by atoms with E-state index >= 15 is 0 Å². The van der Waals surface area contributed by atoms with Gasteiger partial charge in [0, 0.05) is 0 Å². The molecule has 0 bridgehead atoms. The minimum Gasteiger partial charge on any atom is -0.0909 e. The average Bonchev–Trinajstić information content (AvgIpc) is 2.36. The summed E-state index contributed by atoms with van der Waals surface area (Å²) in [6.07, 6.45) is 0. The maximum absolute atomic E-state index is 3.95. The van der Waals surface area contributed by atoms with Gasteiger partial charge in [-0.05, 0) is 45.8 Å². The van der Waals surface area contributed by atoms with Crippen LogP contribution >= 0.6 is 0 Å². The van der Waals surface area contributed by atoms with Crippen LogP contribution < -0.4 is 20.9 Å². The molecule has 0 unspecified atom stereocenters. The lowest BCUT2D eigenvalue weighted by atomic mass is 10.0. The Morgan fingerprint density at radius 3 is 0.875 bits per heavy atom. The van der Waals surface area contributed by atoms with E-state index < -0.39 is 0 Å². The van der Waals surface area contributed by atoms with Crippen LogP contribution in [-0.4, -0.2) is 0 Å². The van der Waals surface area contributed by atoms with Gasteiger partial charge in [0.15, 0.2) is 0 Å². The molecule has 0 amide bonds. The van der Waals surface area contributed by atoms with Gasteiger partial charge in [-0.2, -0.15) is 0 Å². The quantitative estimate of drug-likeness (QED) is 0.625. The lowest BCUT2D eigenvalue weighted by Crippen LogP contribution is -2.48.